The summed E-state index contributed by atoms with van der Waals surface area (Å²) in [5, 5.41) is 4.74. The number of pyridine rings is 1. The highest BCUT2D eigenvalue weighted by atomic mass is 16.2. The van der Waals surface area contributed by atoms with Crippen molar-refractivity contribution in [3.63, 3.8) is 0 Å². The summed E-state index contributed by atoms with van der Waals surface area (Å²) in [6, 6.07) is 17.2. The predicted molar refractivity (Wildman–Crippen MR) is 115 cm³/mol. The van der Waals surface area contributed by atoms with Crippen molar-refractivity contribution in [2.24, 2.45) is 5.92 Å². The Morgan fingerprint density at radius 1 is 1.03 bits per heavy atom. The maximum Gasteiger partial charge on any atom is 0.272 e. The van der Waals surface area contributed by atoms with E-state index in [2.05, 4.69) is 13.8 Å². The fourth-order valence-electron chi connectivity index (χ4n) is 4.82. The molecule has 2 bridgehead atoms. The Kier molecular flexibility index (Phi) is 4.57. The van der Waals surface area contributed by atoms with Crippen LogP contribution >= 0.6 is 0 Å². The molecule has 154 valence electrons. The van der Waals surface area contributed by atoms with Gasteiger partial charge in [-0.25, -0.2) is 4.68 Å². The Morgan fingerprint density at radius 2 is 1.83 bits per heavy atom. The quantitative estimate of drug-likeness (QED) is 0.675. The maximum absolute atomic E-state index is 13.6. The molecule has 2 aliphatic heterocycles. The molecule has 6 heteroatoms. The number of benzene rings is 1. The number of fused-ring (bicyclic) bond motifs is 4. The average Bonchev–Trinajstić information content (AvgIpc) is 3.20. The van der Waals surface area contributed by atoms with Gasteiger partial charge in [-0.15, -0.1) is 0 Å². The van der Waals surface area contributed by atoms with Crippen molar-refractivity contribution >= 4 is 5.91 Å². The molecular weight excluding hydrogens is 376 g/mol. The van der Waals surface area contributed by atoms with Gasteiger partial charge in [-0.3, -0.25) is 9.59 Å². The third-order valence-corrected chi connectivity index (χ3v) is 6.31. The Hall–Kier alpha value is -3.15. The highest BCUT2D eigenvalue weighted by molar-refractivity contribution is 5.93. The first-order valence-electron chi connectivity index (χ1n) is 10.7. The number of likely N-dealkylation sites (tertiary alicyclic amines) is 1. The first kappa shape index (κ1) is 18.9. The van der Waals surface area contributed by atoms with E-state index in [1.807, 2.05) is 58.0 Å². The van der Waals surface area contributed by atoms with Crippen LogP contribution in [0, 0.1) is 5.92 Å². The summed E-state index contributed by atoms with van der Waals surface area (Å²) in [6.45, 7) is 6.17. The fourth-order valence-corrected chi connectivity index (χ4v) is 4.82. The lowest BCUT2D eigenvalue weighted by atomic mass is 9.83. The molecule has 0 radical (unpaired) electrons. The van der Waals surface area contributed by atoms with Crippen LogP contribution in [0.25, 0.3) is 5.69 Å². The second-order valence-corrected chi connectivity index (χ2v) is 8.76. The smallest absolute Gasteiger partial charge is 0.272 e. The average molecular weight is 402 g/mol. The van der Waals surface area contributed by atoms with Crippen LogP contribution in [0.3, 0.4) is 0 Å². The minimum Gasteiger partial charge on any atom is -0.336 e. The minimum atomic E-state index is 0.0136. The summed E-state index contributed by atoms with van der Waals surface area (Å²) in [7, 11) is 0. The minimum absolute atomic E-state index is 0.0136. The van der Waals surface area contributed by atoms with Gasteiger partial charge in [-0.2, -0.15) is 5.10 Å². The van der Waals surface area contributed by atoms with Crippen molar-refractivity contribution in [2.45, 2.75) is 38.6 Å². The van der Waals surface area contributed by atoms with E-state index in [9.17, 15) is 9.59 Å². The normalized spacial score (nSPS) is 20.3. The van der Waals surface area contributed by atoms with Crippen molar-refractivity contribution in [1.82, 2.24) is 19.2 Å². The van der Waals surface area contributed by atoms with Gasteiger partial charge in [0.25, 0.3) is 11.5 Å². The number of piperidine rings is 1. The highest BCUT2D eigenvalue weighted by Gasteiger charge is 2.37. The molecule has 0 unspecified atom stereocenters. The van der Waals surface area contributed by atoms with Crippen LogP contribution < -0.4 is 5.56 Å². The standard InChI is InChI=1S/C24H26N4O2/c1-16(2)20-12-22(28(25-20)19-7-4-3-5-8-19)24(30)26-13-17-11-18(15-26)21-9-6-10-23(29)27(21)14-17/h3-10,12,16-18H,11,13-15H2,1-2H3/t17-,18+/m0/s1. The van der Waals surface area contributed by atoms with Crippen LogP contribution in [0.2, 0.25) is 0 Å². The van der Waals surface area contributed by atoms with E-state index >= 15 is 0 Å². The van der Waals surface area contributed by atoms with Gasteiger partial charge in [-0.1, -0.05) is 38.1 Å². The fraction of sp³-hybridized carbons (Fsp3) is 0.375. The monoisotopic (exact) mass is 402 g/mol. The SMILES string of the molecule is CC(C)c1cc(C(=O)N2C[C@@H]3C[C@H](C2)c2cccc(=O)n2C3)n(-c2ccccc2)n1. The van der Waals surface area contributed by atoms with Crippen molar-refractivity contribution < 1.29 is 4.79 Å². The number of para-hydroxylation sites is 1. The third kappa shape index (κ3) is 3.16. The van der Waals surface area contributed by atoms with Gasteiger partial charge >= 0.3 is 0 Å². The molecule has 1 aromatic carbocycles. The van der Waals surface area contributed by atoms with Gasteiger partial charge in [-0.05, 0) is 42.5 Å². The second-order valence-electron chi connectivity index (χ2n) is 8.76. The molecule has 30 heavy (non-hydrogen) atoms. The maximum atomic E-state index is 13.6. The molecule has 0 N–H and O–H groups in total. The molecule has 6 nitrogen and oxygen atoms in total. The zero-order valence-corrected chi connectivity index (χ0v) is 17.4. The Morgan fingerprint density at radius 3 is 2.60 bits per heavy atom. The van der Waals surface area contributed by atoms with Crippen LogP contribution in [0.4, 0.5) is 0 Å². The number of amides is 1. The largest absolute Gasteiger partial charge is 0.336 e. The number of aromatic nitrogens is 3. The molecule has 0 aliphatic carbocycles. The number of carbonyl (C=O) groups excluding carboxylic acids is 1. The third-order valence-electron chi connectivity index (χ3n) is 6.31. The van der Waals surface area contributed by atoms with Crippen LogP contribution in [-0.2, 0) is 6.54 Å². The van der Waals surface area contributed by atoms with Gasteiger partial charge < -0.3 is 9.47 Å². The molecule has 1 amide bonds. The van der Waals surface area contributed by atoms with E-state index in [1.165, 1.54) is 0 Å². The summed E-state index contributed by atoms with van der Waals surface area (Å²) in [5.41, 5.74) is 3.52. The van der Waals surface area contributed by atoms with Gasteiger partial charge in [0.15, 0.2) is 0 Å². The van der Waals surface area contributed by atoms with Crippen LogP contribution in [-0.4, -0.2) is 38.2 Å². The van der Waals surface area contributed by atoms with Gasteiger partial charge in [0.1, 0.15) is 5.69 Å². The number of hydrogen-bond acceptors (Lipinski definition) is 3. The second kappa shape index (κ2) is 7.27. The van der Waals surface area contributed by atoms with E-state index in [0.717, 1.165) is 23.5 Å². The summed E-state index contributed by atoms with van der Waals surface area (Å²) in [6.07, 6.45) is 1.03. The zero-order chi connectivity index (χ0) is 20.8. The number of hydrogen-bond donors (Lipinski definition) is 0. The molecular formula is C24H26N4O2. The molecule has 1 saturated heterocycles. The molecule has 1 fully saturated rings. The van der Waals surface area contributed by atoms with Crippen molar-refractivity contribution in [3.8, 4) is 5.69 Å². The van der Waals surface area contributed by atoms with Crippen molar-refractivity contribution in [2.75, 3.05) is 13.1 Å². The summed E-state index contributed by atoms with van der Waals surface area (Å²) in [5.74, 6) is 0.756. The van der Waals surface area contributed by atoms with Crippen molar-refractivity contribution in [1.29, 1.82) is 0 Å². The molecule has 0 spiro atoms. The predicted octanol–water partition coefficient (Wildman–Crippen LogP) is 3.42. The van der Waals surface area contributed by atoms with Gasteiger partial charge in [0.2, 0.25) is 0 Å². The lowest BCUT2D eigenvalue weighted by molar-refractivity contribution is 0.0585. The first-order chi connectivity index (χ1) is 14.5. The molecule has 0 saturated carbocycles. The lowest BCUT2D eigenvalue weighted by Gasteiger charge is -2.42. The molecule has 2 aromatic heterocycles. The summed E-state index contributed by atoms with van der Waals surface area (Å²) < 4.78 is 3.67. The molecule has 2 atom stereocenters. The molecule has 2 aliphatic rings. The van der Waals surface area contributed by atoms with E-state index in [4.69, 9.17) is 5.10 Å². The molecule has 5 rings (SSSR count). The number of rotatable bonds is 3. The topological polar surface area (TPSA) is 60.1 Å². The Bertz CT molecular complexity index is 1150. The van der Waals surface area contributed by atoms with Crippen molar-refractivity contribution in [3.05, 3.63) is 82.0 Å². The van der Waals surface area contributed by atoms with Crippen LogP contribution in [0.15, 0.2) is 59.4 Å². The molecule has 4 heterocycles. The van der Waals surface area contributed by atoms with Crippen LogP contribution in [0.1, 0.15) is 54.0 Å². The Labute approximate surface area is 175 Å². The summed E-state index contributed by atoms with van der Waals surface area (Å²) >= 11 is 0. The molecule has 3 aromatic rings. The lowest BCUT2D eigenvalue weighted by Crippen LogP contribution is -2.49. The van der Waals surface area contributed by atoms with Gasteiger partial charge in [0, 0.05) is 37.3 Å². The number of carbonyl (C=O) groups is 1. The highest BCUT2D eigenvalue weighted by Crippen LogP contribution is 2.35. The Balaban J connectivity index is 1.50. The van der Waals surface area contributed by atoms with E-state index in [1.54, 1.807) is 10.7 Å². The summed E-state index contributed by atoms with van der Waals surface area (Å²) in [4.78, 5) is 27.9. The van der Waals surface area contributed by atoms with Crippen LogP contribution in [0.5, 0.6) is 0 Å². The van der Waals surface area contributed by atoms with E-state index in [-0.39, 0.29) is 23.3 Å². The van der Waals surface area contributed by atoms with E-state index in [0.29, 0.717) is 31.2 Å². The zero-order valence-electron chi connectivity index (χ0n) is 17.4. The van der Waals surface area contributed by atoms with Gasteiger partial charge in [0.05, 0.1) is 11.4 Å². The first-order valence-corrected chi connectivity index (χ1v) is 10.7. The van der Waals surface area contributed by atoms with E-state index < -0.39 is 0 Å². The number of nitrogens with zero attached hydrogens (tertiary/aromatic N) is 4.